The van der Waals surface area contributed by atoms with Crippen molar-refractivity contribution in [3.05, 3.63) is 69.3 Å². The van der Waals surface area contributed by atoms with Crippen LogP contribution in [0, 0.1) is 6.92 Å². The fourth-order valence-electron chi connectivity index (χ4n) is 5.08. The van der Waals surface area contributed by atoms with Crippen LogP contribution in [0.15, 0.2) is 51.5 Å². The number of nitrogens with zero attached hydrogens (tertiary/aromatic N) is 8. The van der Waals surface area contributed by atoms with E-state index in [4.69, 9.17) is 4.74 Å². The van der Waals surface area contributed by atoms with Gasteiger partial charge in [0.15, 0.2) is 11.3 Å². The normalized spacial score (nSPS) is 14.5. The number of fused-ring (bicyclic) bond motifs is 2. The summed E-state index contributed by atoms with van der Waals surface area (Å²) in [6, 6.07) is 4.72. The molecule has 0 bridgehead atoms. The van der Waals surface area contributed by atoms with Crippen LogP contribution >= 0.6 is 0 Å². The maximum absolute atomic E-state index is 13.4. The molecule has 0 amide bonds. The second-order valence-corrected chi connectivity index (χ2v) is 12.1. The summed E-state index contributed by atoms with van der Waals surface area (Å²) in [5, 5.41) is 8.45. The molecule has 1 saturated heterocycles. The molecular formula is C28H36N10O5S. The summed E-state index contributed by atoms with van der Waals surface area (Å²) < 4.78 is 37.1. The topological polar surface area (TPSA) is 176 Å². The highest BCUT2D eigenvalue weighted by Crippen LogP contribution is 2.31. The average molecular weight is 625 g/mol. The molecule has 1 aliphatic heterocycles. The monoisotopic (exact) mass is 624 g/mol. The van der Waals surface area contributed by atoms with Gasteiger partial charge in [-0.05, 0) is 45.0 Å². The number of piperazine rings is 1. The zero-order valence-corrected chi connectivity index (χ0v) is 26.0. The van der Waals surface area contributed by atoms with Crippen LogP contribution in [0.4, 0.5) is 0 Å². The number of imidazole rings is 2. The molecule has 2 N–H and O–H groups in total. The lowest BCUT2D eigenvalue weighted by Gasteiger charge is -2.33. The zero-order valence-electron chi connectivity index (χ0n) is 25.1. The van der Waals surface area contributed by atoms with Crippen LogP contribution in [0.3, 0.4) is 0 Å². The molecule has 5 aromatic rings. The van der Waals surface area contributed by atoms with Gasteiger partial charge in [0.25, 0.3) is 11.1 Å². The summed E-state index contributed by atoms with van der Waals surface area (Å²) in [5.74, 6) is 1.38. The van der Waals surface area contributed by atoms with Crippen LogP contribution in [0.1, 0.15) is 38.7 Å². The van der Waals surface area contributed by atoms with Gasteiger partial charge in [-0.15, -0.1) is 5.10 Å². The summed E-state index contributed by atoms with van der Waals surface area (Å²) in [5.41, 5.74) is 1.38. The molecule has 234 valence electrons. The van der Waals surface area contributed by atoms with Gasteiger partial charge in [-0.2, -0.15) is 9.40 Å². The molecule has 0 spiro atoms. The molecule has 0 unspecified atom stereocenters. The fraction of sp³-hybridized carbons (Fsp3) is 0.429. The van der Waals surface area contributed by atoms with Gasteiger partial charge in [0.2, 0.25) is 10.0 Å². The number of hydrogen-bond donors (Lipinski definition) is 2. The predicted molar refractivity (Wildman–Crippen MR) is 163 cm³/mol. The van der Waals surface area contributed by atoms with E-state index in [1.807, 2.05) is 13.8 Å². The third-order valence-electron chi connectivity index (χ3n) is 7.37. The summed E-state index contributed by atoms with van der Waals surface area (Å²) >= 11 is 0. The van der Waals surface area contributed by atoms with E-state index in [2.05, 4.69) is 42.0 Å². The SMILES string of the molecule is CCCc1nc(C)c2c(=O)[nH]c(-c3cc(S(=O)(=O)N4CCN(CC)CC4)ccc3OCC)nn12.O=c1[nH]cnn2cncc12. The van der Waals surface area contributed by atoms with Gasteiger partial charge in [0, 0.05) is 32.6 Å². The number of hydrogen-bond acceptors (Lipinski definition) is 10. The van der Waals surface area contributed by atoms with Crippen molar-refractivity contribution in [2.24, 2.45) is 0 Å². The highest BCUT2D eigenvalue weighted by Gasteiger charge is 2.29. The number of H-pyrrole nitrogens is 2. The zero-order chi connectivity index (χ0) is 31.4. The lowest BCUT2D eigenvalue weighted by Crippen LogP contribution is -2.48. The number of ether oxygens (including phenoxy) is 1. The number of aryl methyl sites for hydroxylation is 2. The molecule has 4 aromatic heterocycles. The summed E-state index contributed by atoms with van der Waals surface area (Å²) in [6.45, 7) is 11.3. The van der Waals surface area contributed by atoms with Crippen molar-refractivity contribution in [2.75, 3.05) is 39.3 Å². The van der Waals surface area contributed by atoms with E-state index in [9.17, 15) is 18.0 Å². The first-order valence-corrected chi connectivity index (χ1v) is 16.0. The number of aromatic nitrogens is 8. The fourth-order valence-corrected chi connectivity index (χ4v) is 6.53. The van der Waals surface area contributed by atoms with Gasteiger partial charge in [-0.3, -0.25) is 9.59 Å². The van der Waals surface area contributed by atoms with Crippen LogP contribution < -0.4 is 15.9 Å². The van der Waals surface area contributed by atoms with Crippen molar-refractivity contribution in [1.82, 2.24) is 48.4 Å². The number of aromatic amines is 2. The smallest absolute Gasteiger partial charge is 0.277 e. The molecule has 1 aliphatic rings. The summed E-state index contributed by atoms with van der Waals surface area (Å²) in [6.07, 6.45) is 5.79. The lowest BCUT2D eigenvalue weighted by molar-refractivity contribution is 0.196. The lowest BCUT2D eigenvalue weighted by atomic mass is 10.2. The number of benzene rings is 1. The van der Waals surface area contributed by atoms with Crippen molar-refractivity contribution < 1.29 is 13.2 Å². The van der Waals surface area contributed by atoms with E-state index in [1.54, 1.807) is 29.6 Å². The van der Waals surface area contributed by atoms with E-state index in [0.717, 1.165) is 13.0 Å². The van der Waals surface area contributed by atoms with E-state index in [0.29, 0.717) is 73.1 Å². The van der Waals surface area contributed by atoms with E-state index < -0.39 is 10.0 Å². The largest absolute Gasteiger partial charge is 0.493 e. The first-order valence-electron chi connectivity index (χ1n) is 14.5. The Bertz CT molecular complexity index is 1990. The maximum atomic E-state index is 13.4. The molecule has 6 rings (SSSR count). The molecule has 0 atom stereocenters. The van der Waals surface area contributed by atoms with E-state index in [-0.39, 0.29) is 21.8 Å². The number of rotatable bonds is 8. The van der Waals surface area contributed by atoms with Crippen LogP contribution in [-0.4, -0.2) is 96.1 Å². The van der Waals surface area contributed by atoms with Gasteiger partial charge in [0.05, 0.1) is 29.0 Å². The van der Waals surface area contributed by atoms with Crippen molar-refractivity contribution in [2.45, 2.75) is 45.4 Å². The van der Waals surface area contributed by atoms with Gasteiger partial charge >= 0.3 is 0 Å². The predicted octanol–water partition coefficient (Wildman–Crippen LogP) is 1.49. The standard InChI is InChI=1S/C23H32N6O4S.C5H4N4O/c1-5-8-20-24-16(4)21-23(30)25-22(26-29(20)21)18-15-17(9-10-19(18)33-7-3)34(31,32)28-13-11-27(6-2)12-14-28;10-5-4-1-6-3-9(4)8-2-7-5/h9-10,15H,5-8,11-14H2,1-4H3,(H,25,26,30);1-3H,(H,7,8,10). The molecule has 0 aliphatic carbocycles. The molecule has 16 heteroatoms. The summed E-state index contributed by atoms with van der Waals surface area (Å²) in [4.78, 5) is 39.7. The van der Waals surface area contributed by atoms with Crippen LogP contribution in [-0.2, 0) is 16.4 Å². The second kappa shape index (κ2) is 13.1. The van der Waals surface area contributed by atoms with Gasteiger partial charge in [-0.1, -0.05) is 13.8 Å². The average Bonchev–Trinajstić information content (AvgIpc) is 3.63. The quantitative estimate of drug-likeness (QED) is 0.257. The number of nitrogens with one attached hydrogen (secondary N) is 2. The Morgan fingerprint density at radius 2 is 1.82 bits per heavy atom. The van der Waals surface area contributed by atoms with Gasteiger partial charge in [0.1, 0.15) is 29.7 Å². The first-order chi connectivity index (χ1) is 21.2. The van der Waals surface area contributed by atoms with Gasteiger partial charge < -0.3 is 19.6 Å². The highest BCUT2D eigenvalue weighted by atomic mass is 32.2. The minimum Gasteiger partial charge on any atom is -0.493 e. The van der Waals surface area contributed by atoms with Crippen LogP contribution in [0.25, 0.3) is 22.4 Å². The Morgan fingerprint density at radius 3 is 2.50 bits per heavy atom. The Kier molecular flexibility index (Phi) is 9.22. The Labute approximate surface area is 253 Å². The maximum Gasteiger partial charge on any atom is 0.277 e. The van der Waals surface area contributed by atoms with Gasteiger partial charge in [-0.25, -0.2) is 27.4 Å². The molecular weight excluding hydrogens is 588 g/mol. The van der Waals surface area contributed by atoms with E-state index in [1.165, 1.54) is 27.7 Å². The molecule has 1 aromatic carbocycles. The Balaban J connectivity index is 0.000000322. The van der Waals surface area contributed by atoms with Crippen molar-refractivity contribution in [1.29, 1.82) is 0 Å². The molecule has 1 fully saturated rings. The molecule has 15 nitrogen and oxygen atoms in total. The Hall–Kier alpha value is -4.41. The van der Waals surface area contributed by atoms with Crippen molar-refractivity contribution >= 4 is 21.1 Å². The first kappa shape index (κ1) is 31.0. The van der Waals surface area contributed by atoms with Crippen molar-refractivity contribution in [3.8, 4) is 17.1 Å². The summed E-state index contributed by atoms with van der Waals surface area (Å²) in [7, 11) is -3.71. The molecule has 0 saturated carbocycles. The second-order valence-electron chi connectivity index (χ2n) is 10.2. The van der Waals surface area contributed by atoms with E-state index >= 15 is 0 Å². The highest BCUT2D eigenvalue weighted by molar-refractivity contribution is 7.89. The molecule has 5 heterocycles. The van der Waals surface area contributed by atoms with Crippen LogP contribution in [0.5, 0.6) is 5.75 Å². The number of likely N-dealkylation sites (N-methyl/N-ethyl adjacent to an activating group) is 1. The minimum atomic E-state index is -3.71. The van der Waals surface area contributed by atoms with Crippen molar-refractivity contribution in [3.63, 3.8) is 0 Å². The Morgan fingerprint density at radius 1 is 1.05 bits per heavy atom. The molecule has 0 radical (unpaired) electrons. The third kappa shape index (κ3) is 6.13. The third-order valence-corrected chi connectivity index (χ3v) is 9.26. The number of sulfonamides is 1. The van der Waals surface area contributed by atoms with Crippen LogP contribution in [0.2, 0.25) is 0 Å². The minimum absolute atomic E-state index is 0.147. The molecule has 44 heavy (non-hydrogen) atoms.